The van der Waals surface area contributed by atoms with Gasteiger partial charge in [0.1, 0.15) is 17.1 Å². The highest BCUT2D eigenvalue weighted by atomic mass is 16.3. The highest BCUT2D eigenvalue weighted by Crippen LogP contribution is 2.20. The first-order chi connectivity index (χ1) is 14.7. The predicted octanol–water partition coefficient (Wildman–Crippen LogP) is 4.95. The zero-order valence-corrected chi connectivity index (χ0v) is 18.8. The Morgan fingerprint density at radius 1 is 1.13 bits per heavy atom. The van der Waals surface area contributed by atoms with Crippen molar-refractivity contribution in [3.63, 3.8) is 0 Å². The number of phenolic OH excluding ortho intramolecular Hbond substituents is 1. The van der Waals surface area contributed by atoms with Crippen LogP contribution in [0.3, 0.4) is 0 Å². The summed E-state index contributed by atoms with van der Waals surface area (Å²) >= 11 is 0. The standard InChI is InChI=1S/C26H33NO4/c1-5-17(2)14-19(4)15-18(3)8-6-7-9-23(29)24-25(30)22(27-26(24)31)16-20-10-12-21(28)13-11-20/h6-13,15,17,19,22,28-29H,5,14,16H2,1-4H3,(H,27,31)/b8-6+,9-7+,18-15+,24-23+. The molecule has 0 bridgehead atoms. The van der Waals surface area contributed by atoms with Gasteiger partial charge < -0.3 is 15.5 Å². The second kappa shape index (κ2) is 11.3. The molecule has 1 fully saturated rings. The summed E-state index contributed by atoms with van der Waals surface area (Å²) < 4.78 is 0. The molecule has 1 heterocycles. The van der Waals surface area contributed by atoms with Crippen molar-refractivity contribution < 1.29 is 19.8 Å². The van der Waals surface area contributed by atoms with Crippen LogP contribution in [-0.4, -0.2) is 27.9 Å². The van der Waals surface area contributed by atoms with E-state index in [1.165, 1.54) is 24.6 Å². The number of aliphatic hydroxyl groups is 1. The van der Waals surface area contributed by atoms with Crippen molar-refractivity contribution in [1.29, 1.82) is 0 Å². The first kappa shape index (κ1) is 24.2. The fourth-order valence-corrected chi connectivity index (χ4v) is 3.65. The summed E-state index contributed by atoms with van der Waals surface area (Å²) in [7, 11) is 0. The normalized spacial score (nSPS) is 21.0. The first-order valence-corrected chi connectivity index (χ1v) is 10.8. The number of rotatable bonds is 9. The minimum Gasteiger partial charge on any atom is -0.508 e. The summed E-state index contributed by atoms with van der Waals surface area (Å²) in [5.74, 6) is -0.0259. The Morgan fingerprint density at radius 3 is 2.42 bits per heavy atom. The van der Waals surface area contributed by atoms with Gasteiger partial charge in [0.25, 0.3) is 5.91 Å². The Morgan fingerprint density at radius 2 is 1.77 bits per heavy atom. The van der Waals surface area contributed by atoms with Crippen LogP contribution < -0.4 is 5.32 Å². The van der Waals surface area contributed by atoms with Crippen LogP contribution in [0.1, 0.15) is 46.1 Å². The van der Waals surface area contributed by atoms with Crippen molar-refractivity contribution in [2.45, 2.75) is 53.0 Å². The average molecular weight is 424 g/mol. The Balaban J connectivity index is 2.00. The van der Waals surface area contributed by atoms with Crippen LogP contribution in [0.5, 0.6) is 5.75 Å². The molecule has 31 heavy (non-hydrogen) atoms. The molecule has 5 heteroatoms. The van der Waals surface area contributed by atoms with Crippen LogP contribution in [0.15, 0.2) is 71.6 Å². The summed E-state index contributed by atoms with van der Waals surface area (Å²) in [6, 6.07) is 5.72. The molecule has 3 unspecified atom stereocenters. The molecule has 1 aliphatic heterocycles. The third kappa shape index (κ3) is 7.28. The number of hydrogen-bond donors (Lipinski definition) is 3. The lowest BCUT2D eigenvalue weighted by Crippen LogP contribution is -2.31. The second-order valence-electron chi connectivity index (χ2n) is 8.38. The van der Waals surface area contributed by atoms with Crippen molar-refractivity contribution in [2.75, 3.05) is 0 Å². The first-order valence-electron chi connectivity index (χ1n) is 10.8. The van der Waals surface area contributed by atoms with Gasteiger partial charge in [-0.3, -0.25) is 9.59 Å². The number of aliphatic hydroxyl groups excluding tert-OH is 1. The van der Waals surface area contributed by atoms with Crippen LogP contribution in [-0.2, 0) is 16.0 Å². The molecular formula is C26H33NO4. The van der Waals surface area contributed by atoms with Gasteiger partial charge in [0.2, 0.25) is 0 Å². The zero-order valence-electron chi connectivity index (χ0n) is 18.8. The van der Waals surface area contributed by atoms with Crippen LogP contribution in [0.2, 0.25) is 0 Å². The number of nitrogens with one attached hydrogen (secondary N) is 1. The van der Waals surface area contributed by atoms with E-state index in [-0.39, 0.29) is 17.1 Å². The van der Waals surface area contributed by atoms with Gasteiger partial charge in [-0.25, -0.2) is 0 Å². The lowest BCUT2D eigenvalue weighted by molar-refractivity contribution is -0.117. The van der Waals surface area contributed by atoms with E-state index < -0.39 is 17.7 Å². The number of benzene rings is 1. The van der Waals surface area contributed by atoms with Crippen LogP contribution in [0, 0.1) is 11.8 Å². The third-order valence-corrected chi connectivity index (χ3v) is 5.47. The van der Waals surface area contributed by atoms with E-state index in [0.29, 0.717) is 18.3 Å². The van der Waals surface area contributed by atoms with Crippen molar-refractivity contribution in [2.24, 2.45) is 11.8 Å². The Labute approximate surface area is 184 Å². The van der Waals surface area contributed by atoms with Crippen LogP contribution in [0.25, 0.3) is 0 Å². The summed E-state index contributed by atoms with van der Waals surface area (Å²) in [4.78, 5) is 24.8. The average Bonchev–Trinajstić information content (AvgIpc) is 2.99. The molecule has 3 N–H and O–H groups in total. The number of aromatic hydroxyl groups is 1. The van der Waals surface area contributed by atoms with Gasteiger partial charge in [0.05, 0.1) is 6.04 Å². The Kier molecular flexibility index (Phi) is 8.86. The maximum Gasteiger partial charge on any atom is 0.259 e. The molecule has 1 aromatic rings. The molecule has 0 aromatic heterocycles. The number of amides is 1. The summed E-state index contributed by atoms with van der Waals surface area (Å²) in [6.07, 6.45) is 11.5. The molecule has 2 rings (SSSR count). The number of Topliss-reactive ketones (excluding diaryl/α,β-unsaturated/α-hetero) is 1. The number of carbonyl (C=O) groups excluding carboxylic acids is 2. The van der Waals surface area contributed by atoms with Crippen molar-refractivity contribution in [3.8, 4) is 5.75 Å². The van der Waals surface area contributed by atoms with Gasteiger partial charge in [0.15, 0.2) is 5.78 Å². The maximum atomic E-state index is 12.6. The van der Waals surface area contributed by atoms with E-state index in [0.717, 1.165) is 17.6 Å². The lowest BCUT2D eigenvalue weighted by atomic mass is 9.94. The van der Waals surface area contributed by atoms with E-state index in [4.69, 9.17) is 0 Å². The van der Waals surface area contributed by atoms with Gasteiger partial charge in [-0.05, 0) is 49.0 Å². The zero-order chi connectivity index (χ0) is 23.0. The number of hydrogen-bond acceptors (Lipinski definition) is 4. The summed E-state index contributed by atoms with van der Waals surface area (Å²) in [6.45, 7) is 8.68. The largest absolute Gasteiger partial charge is 0.508 e. The quantitative estimate of drug-likeness (QED) is 0.227. The molecule has 0 aliphatic carbocycles. The van der Waals surface area contributed by atoms with Gasteiger partial charge in [-0.2, -0.15) is 0 Å². The Hall–Kier alpha value is -3.08. The fraction of sp³-hybridized carbons (Fsp3) is 0.385. The van der Waals surface area contributed by atoms with Gasteiger partial charge in [0, 0.05) is 6.42 Å². The van der Waals surface area contributed by atoms with Crippen molar-refractivity contribution in [1.82, 2.24) is 5.32 Å². The van der Waals surface area contributed by atoms with Gasteiger partial charge in [-0.15, -0.1) is 0 Å². The molecular weight excluding hydrogens is 390 g/mol. The Bertz CT molecular complexity index is 906. The van der Waals surface area contributed by atoms with E-state index in [9.17, 15) is 19.8 Å². The second-order valence-corrected chi connectivity index (χ2v) is 8.38. The molecule has 1 aliphatic rings. The van der Waals surface area contributed by atoms with Crippen molar-refractivity contribution >= 4 is 11.7 Å². The number of ketones is 1. The minimum atomic E-state index is -0.727. The summed E-state index contributed by atoms with van der Waals surface area (Å²) in [5, 5.41) is 22.3. The van der Waals surface area contributed by atoms with E-state index in [2.05, 4.69) is 32.2 Å². The van der Waals surface area contributed by atoms with E-state index >= 15 is 0 Å². The van der Waals surface area contributed by atoms with E-state index in [1.807, 2.05) is 13.0 Å². The summed E-state index contributed by atoms with van der Waals surface area (Å²) in [5.41, 5.74) is 1.71. The third-order valence-electron chi connectivity index (χ3n) is 5.47. The number of phenols is 1. The SMILES string of the molecule is CCC(C)CC(C)/C=C(C)/C=C/C=C/C(O)=C1\C(=O)NC(Cc2ccc(O)cc2)C1=O. The van der Waals surface area contributed by atoms with Crippen molar-refractivity contribution in [3.05, 3.63) is 77.1 Å². The highest BCUT2D eigenvalue weighted by Gasteiger charge is 2.37. The molecule has 166 valence electrons. The molecule has 1 aromatic carbocycles. The molecule has 5 nitrogen and oxygen atoms in total. The topological polar surface area (TPSA) is 86.6 Å². The fourth-order valence-electron chi connectivity index (χ4n) is 3.65. The van der Waals surface area contributed by atoms with Gasteiger partial charge >= 0.3 is 0 Å². The van der Waals surface area contributed by atoms with E-state index in [1.54, 1.807) is 24.3 Å². The lowest BCUT2D eigenvalue weighted by Gasteiger charge is -2.12. The van der Waals surface area contributed by atoms with Gasteiger partial charge in [-0.1, -0.05) is 69.2 Å². The monoisotopic (exact) mass is 423 g/mol. The molecule has 0 saturated carbocycles. The number of allylic oxidation sites excluding steroid dienone is 6. The molecule has 3 atom stereocenters. The maximum absolute atomic E-state index is 12.6. The molecule has 0 radical (unpaired) electrons. The minimum absolute atomic E-state index is 0.136. The number of carbonyl (C=O) groups is 2. The smallest absolute Gasteiger partial charge is 0.259 e. The van der Waals surface area contributed by atoms with Crippen LogP contribution in [0.4, 0.5) is 0 Å². The predicted molar refractivity (Wildman–Crippen MR) is 124 cm³/mol. The molecule has 1 amide bonds. The van der Waals surface area contributed by atoms with Crippen LogP contribution >= 0.6 is 0 Å². The highest BCUT2D eigenvalue weighted by molar-refractivity contribution is 6.27. The molecule has 0 spiro atoms. The molecule has 1 saturated heterocycles.